The van der Waals surface area contributed by atoms with E-state index in [-0.39, 0.29) is 25.0 Å². The van der Waals surface area contributed by atoms with Gasteiger partial charge in [-0.25, -0.2) is 11.0 Å². The van der Waals surface area contributed by atoms with Crippen LogP contribution in [0.2, 0.25) is 0 Å². The molecule has 0 aliphatic carbocycles. The van der Waals surface area contributed by atoms with Crippen LogP contribution in [0.3, 0.4) is 0 Å². The number of hydrogen-bond acceptors (Lipinski definition) is 7. The summed E-state index contributed by atoms with van der Waals surface area (Å²) in [4.78, 5) is 36.5. The van der Waals surface area contributed by atoms with E-state index in [2.05, 4.69) is 11.0 Å². The lowest BCUT2D eigenvalue weighted by molar-refractivity contribution is -0.0590. The number of rotatable bonds is 14. The fraction of sp³-hybridized carbons (Fsp3) is 0.562. The monoisotopic (exact) mass is 604 g/mol. The molecule has 0 radical (unpaired) electrons. The van der Waals surface area contributed by atoms with Gasteiger partial charge in [-0.3, -0.25) is 23.8 Å². The molecular weight excluding hydrogens is 555 g/mol. The fourth-order valence-corrected chi connectivity index (χ4v) is 5.32. The minimum atomic E-state index is -2.82. The molecule has 0 atom stereocenters. The van der Waals surface area contributed by atoms with Crippen molar-refractivity contribution in [1.29, 1.82) is 0 Å². The zero-order valence-electron chi connectivity index (χ0n) is 26.9. The first-order valence-electron chi connectivity index (χ1n) is 14.7. The summed E-state index contributed by atoms with van der Waals surface area (Å²) in [5, 5.41) is 0. The molecule has 234 valence electrons. The largest absolute Gasteiger partial charge is 0.319 e. The van der Waals surface area contributed by atoms with Gasteiger partial charge < -0.3 is 9.05 Å². The smallest absolute Gasteiger partial charge is 0.306 e. The second-order valence-corrected chi connectivity index (χ2v) is 13.1. The molecule has 0 saturated carbocycles. The third kappa shape index (κ3) is 10.3. The molecule has 2 aromatic rings. The van der Waals surface area contributed by atoms with Gasteiger partial charge in [-0.2, -0.15) is 0 Å². The van der Waals surface area contributed by atoms with Gasteiger partial charge in [0.1, 0.15) is 0 Å². The van der Waals surface area contributed by atoms with Crippen LogP contribution in [0.5, 0.6) is 0 Å². The number of amides is 2. The standard InChI is InChI=1S/C32H49N2O7P/c1-11-23-21(15-17-27(25(23)13-3)29(35)33-40-31(5,6)7)19-38-42(37)39-20-22-16-18-28(26(14-4)24(22)12-2)30(36)34-41-32(8,9)10/h15-18,42H,11-14,19-20H2,1-10H3,(H,33,35)(H,34,36). The van der Waals surface area contributed by atoms with Gasteiger partial charge in [-0.1, -0.05) is 39.8 Å². The van der Waals surface area contributed by atoms with Gasteiger partial charge in [0, 0.05) is 11.1 Å². The Balaban J connectivity index is 2.12. The average Bonchev–Trinajstić information content (AvgIpc) is 2.94. The molecule has 0 spiro atoms. The summed E-state index contributed by atoms with van der Waals surface area (Å²) in [6, 6.07) is 7.16. The maximum absolute atomic E-state index is 12.8. The molecule has 0 bridgehead atoms. The Bertz CT molecular complexity index is 1170. The summed E-state index contributed by atoms with van der Waals surface area (Å²) in [6.07, 6.45) is 2.67. The Hall–Kier alpha value is -2.55. The number of hydrogen-bond donors (Lipinski definition) is 2. The molecule has 0 fully saturated rings. The Kier molecular flexibility index (Phi) is 13.4. The van der Waals surface area contributed by atoms with Crippen molar-refractivity contribution in [2.75, 3.05) is 0 Å². The lowest BCUT2D eigenvalue weighted by Gasteiger charge is -2.21. The first-order valence-corrected chi connectivity index (χ1v) is 15.9. The molecule has 0 heterocycles. The fourth-order valence-electron chi connectivity index (χ4n) is 4.69. The third-order valence-electron chi connectivity index (χ3n) is 6.55. The summed E-state index contributed by atoms with van der Waals surface area (Å²) < 4.78 is 24.1. The van der Waals surface area contributed by atoms with Crippen molar-refractivity contribution in [3.63, 3.8) is 0 Å². The van der Waals surface area contributed by atoms with E-state index < -0.39 is 19.5 Å². The van der Waals surface area contributed by atoms with Gasteiger partial charge in [-0.05, 0) is 113 Å². The van der Waals surface area contributed by atoms with Crippen molar-refractivity contribution in [2.24, 2.45) is 0 Å². The van der Waals surface area contributed by atoms with Crippen LogP contribution < -0.4 is 11.0 Å². The molecule has 42 heavy (non-hydrogen) atoms. The molecule has 9 nitrogen and oxygen atoms in total. The number of hydroxylamine groups is 2. The zero-order chi connectivity index (χ0) is 31.7. The van der Waals surface area contributed by atoms with E-state index in [1.54, 1.807) is 12.1 Å². The van der Waals surface area contributed by atoms with E-state index in [9.17, 15) is 14.2 Å². The molecule has 10 heteroatoms. The van der Waals surface area contributed by atoms with Gasteiger partial charge in [0.2, 0.25) is 0 Å². The molecule has 2 rings (SSSR count). The first-order chi connectivity index (χ1) is 19.6. The minimum absolute atomic E-state index is 0.0993. The Morgan fingerprint density at radius 2 is 0.952 bits per heavy atom. The van der Waals surface area contributed by atoms with Crippen molar-refractivity contribution in [1.82, 2.24) is 11.0 Å². The van der Waals surface area contributed by atoms with Crippen LogP contribution in [0.25, 0.3) is 0 Å². The number of carbonyl (C=O) groups is 2. The van der Waals surface area contributed by atoms with Gasteiger partial charge in [-0.15, -0.1) is 0 Å². The van der Waals surface area contributed by atoms with Gasteiger partial charge in [0.15, 0.2) is 0 Å². The summed E-state index contributed by atoms with van der Waals surface area (Å²) in [7, 11) is -2.82. The summed E-state index contributed by atoms with van der Waals surface area (Å²) >= 11 is 0. The minimum Gasteiger partial charge on any atom is -0.306 e. The average molecular weight is 605 g/mol. The van der Waals surface area contributed by atoms with E-state index in [0.717, 1.165) is 33.4 Å². The number of carbonyl (C=O) groups excluding carboxylic acids is 2. The van der Waals surface area contributed by atoms with Crippen LogP contribution in [0.15, 0.2) is 24.3 Å². The number of nitrogens with one attached hydrogen (secondary N) is 2. The van der Waals surface area contributed by atoms with Crippen molar-refractivity contribution < 1.29 is 32.9 Å². The van der Waals surface area contributed by atoms with Crippen molar-refractivity contribution in [2.45, 2.75) is 119 Å². The quantitative estimate of drug-likeness (QED) is 0.177. The number of benzene rings is 2. The summed E-state index contributed by atoms with van der Waals surface area (Å²) in [6.45, 7) is 19.4. The molecule has 0 aliphatic heterocycles. The lowest BCUT2D eigenvalue weighted by Crippen LogP contribution is -2.34. The normalized spacial score (nSPS) is 12.1. The maximum atomic E-state index is 12.8. The highest BCUT2D eigenvalue weighted by atomic mass is 31.1. The highest BCUT2D eigenvalue weighted by molar-refractivity contribution is 7.33. The van der Waals surface area contributed by atoms with Gasteiger partial charge in [0.25, 0.3) is 11.8 Å². The highest BCUT2D eigenvalue weighted by Gasteiger charge is 2.21. The van der Waals surface area contributed by atoms with Crippen molar-refractivity contribution in [3.05, 3.63) is 68.8 Å². The Morgan fingerprint density at radius 1 is 0.619 bits per heavy atom. The molecular formula is C32H49N2O7P. The summed E-state index contributed by atoms with van der Waals surface area (Å²) in [5.41, 5.74) is 10.7. The molecule has 2 amide bonds. The van der Waals surface area contributed by atoms with Crippen LogP contribution in [-0.4, -0.2) is 23.0 Å². The van der Waals surface area contributed by atoms with E-state index in [0.29, 0.717) is 36.8 Å². The molecule has 0 unspecified atom stereocenters. The van der Waals surface area contributed by atoms with Crippen molar-refractivity contribution in [3.8, 4) is 0 Å². The second-order valence-electron chi connectivity index (χ2n) is 12.0. The van der Waals surface area contributed by atoms with Crippen LogP contribution in [0.1, 0.15) is 123 Å². The molecule has 2 aromatic carbocycles. The van der Waals surface area contributed by atoms with Crippen LogP contribution >= 0.6 is 8.25 Å². The summed E-state index contributed by atoms with van der Waals surface area (Å²) in [5.74, 6) is -0.603. The van der Waals surface area contributed by atoms with Gasteiger partial charge in [0.05, 0.1) is 24.4 Å². The Labute approximate surface area is 251 Å². The van der Waals surface area contributed by atoms with Crippen LogP contribution in [0, 0.1) is 0 Å². The van der Waals surface area contributed by atoms with Gasteiger partial charge >= 0.3 is 8.25 Å². The predicted molar refractivity (Wildman–Crippen MR) is 166 cm³/mol. The predicted octanol–water partition coefficient (Wildman–Crippen LogP) is 6.98. The first kappa shape index (κ1) is 35.6. The van der Waals surface area contributed by atoms with E-state index >= 15 is 0 Å². The van der Waals surface area contributed by atoms with E-state index in [1.165, 1.54) is 0 Å². The van der Waals surface area contributed by atoms with Crippen LogP contribution in [-0.2, 0) is 62.2 Å². The van der Waals surface area contributed by atoms with E-state index in [4.69, 9.17) is 18.7 Å². The lowest BCUT2D eigenvalue weighted by atomic mass is 9.92. The topological polar surface area (TPSA) is 112 Å². The second kappa shape index (κ2) is 15.8. The molecule has 0 saturated heterocycles. The van der Waals surface area contributed by atoms with E-state index in [1.807, 2.05) is 81.4 Å². The third-order valence-corrected chi connectivity index (χ3v) is 7.31. The van der Waals surface area contributed by atoms with Crippen LogP contribution in [0.4, 0.5) is 0 Å². The SMILES string of the molecule is CCc1c(CO[PH](=O)OCc2ccc(C(=O)NOC(C)(C)C)c(CC)c2CC)ccc(C(=O)NOC(C)(C)C)c1CC. The molecule has 2 N–H and O–H groups in total. The Morgan fingerprint density at radius 3 is 1.24 bits per heavy atom. The maximum Gasteiger partial charge on any atom is 0.319 e. The van der Waals surface area contributed by atoms with Crippen molar-refractivity contribution >= 4 is 20.1 Å². The molecule has 0 aromatic heterocycles. The zero-order valence-corrected chi connectivity index (χ0v) is 27.9. The highest BCUT2D eigenvalue weighted by Crippen LogP contribution is 2.32. The molecule has 0 aliphatic rings.